The zero-order chi connectivity index (χ0) is 18.2. The van der Waals surface area contributed by atoms with Crippen molar-refractivity contribution in [3.8, 4) is 11.5 Å². The first-order valence-corrected chi connectivity index (χ1v) is 7.51. The SMILES string of the molecule is Cc1ccc(C)c(OCC(=O)N/N=C\c2ccccc2OC(F)F)c1. The molecule has 0 heterocycles. The third-order valence-corrected chi connectivity index (χ3v) is 3.23. The van der Waals surface area contributed by atoms with E-state index in [-0.39, 0.29) is 12.4 Å². The zero-order valence-electron chi connectivity index (χ0n) is 13.8. The Labute approximate surface area is 144 Å². The third kappa shape index (κ3) is 5.87. The fraction of sp³-hybridized carbons (Fsp3) is 0.222. The van der Waals surface area contributed by atoms with E-state index in [2.05, 4.69) is 15.3 Å². The zero-order valence-corrected chi connectivity index (χ0v) is 13.8. The lowest BCUT2D eigenvalue weighted by molar-refractivity contribution is -0.123. The van der Waals surface area contributed by atoms with Gasteiger partial charge >= 0.3 is 6.61 Å². The van der Waals surface area contributed by atoms with Crippen molar-refractivity contribution in [2.24, 2.45) is 5.10 Å². The Morgan fingerprint density at radius 3 is 2.72 bits per heavy atom. The smallest absolute Gasteiger partial charge is 0.387 e. The molecular weight excluding hydrogens is 330 g/mol. The van der Waals surface area contributed by atoms with E-state index in [0.717, 1.165) is 11.1 Å². The molecule has 2 rings (SSSR count). The number of nitrogens with zero attached hydrogens (tertiary/aromatic N) is 1. The fourth-order valence-electron chi connectivity index (χ4n) is 2.00. The molecule has 0 spiro atoms. The topological polar surface area (TPSA) is 59.9 Å². The molecule has 25 heavy (non-hydrogen) atoms. The van der Waals surface area contributed by atoms with Crippen LogP contribution in [0.25, 0.3) is 0 Å². The predicted octanol–water partition coefficient (Wildman–Crippen LogP) is 3.43. The van der Waals surface area contributed by atoms with Crippen LogP contribution in [-0.4, -0.2) is 25.3 Å². The van der Waals surface area contributed by atoms with E-state index in [1.807, 2.05) is 32.0 Å². The second-order valence-corrected chi connectivity index (χ2v) is 5.27. The standard InChI is InChI=1S/C18H18F2N2O3/c1-12-7-8-13(2)16(9-12)24-11-17(23)22-21-10-14-5-3-4-6-15(14)25-18(19)20/h3-10,18H,11H2,1-2H3,(H,22,23)/b21-10-. The van der Waals surface area contributed by atoms with Crippen LogP contribution in [0.15, 0.2) is 47.6 Å². The maximum Gasteiger partial charge on any atom is 0.387 e. The molecule has 5 nitrogen and oxygen atoms in total. The van der Waals surface area contributed by atoms with Crippen molar-refractivity contribution in [3.63, 3.8) is 0 Å². The van der Waals surface area contributed by atoms with E-state index in [1.165, 1.54) is 12.3 Å². The highest BCUT2D eigenvalue weighted by atomic mass is 19.3. The van der Waals surface area contributed by atoms with Crippen molar-refractivity contribution >= 4 is 12.1 Å². The van der Waals surface area contributed by atoms with E-state index in [4.69, 9.17) is 4.74 Å². The van der Waals surface area contributed by atoms with Crippen LogP contribution in [0.3, 0.4) is 0 Å². The summed E-state index contributed by atoms with van der Waals surface area (Å²) in [4.78, 5) is 11.8. The molecule has 2 aromatic rings. The van der Waals surface area contributed by atoms with Crippen LogP contribution >= 0.6 is 0 Å². The molecule has 132 valence electrons. The number of hydrazone groups is 1. The summed E-state index contributed by atoms with van der Waals surface area (Å²) >= 11 is 0. The number of halogens is 2. The van der Waals surface area contributed by atoms with Gasteiger partial charge in [-0.2, -0.15) is 13.9 Å². The van der Waals surface area contributed by atoms with Gasteiger partial charge in [-0.3, -0.25) is 4.79 Å². The van der Waals surface area contributed by atoms with Gasteiger partial charge in [0.15, 0.2) is 6.61 Å². The minimum Gasteiger partial charge on any atom is -0.483 e. The van der Waals surface area contributed by atoms with Crippen molar-refractivity contribution in [2.45, 2.75) is 20.5 Å². The summed E-state index contributed by atoms with van der Waals surface area (Å²) in [5.74, 6) is 0.126. The van der Waals surface area contributed by atoms with Crippen molar-refractivity contribution in [1.82, 2.24) is 5.43 Å². The van der Waals surface area contributed by atoms with E-state index in [1.54, 1.807) is 18.2 Å². The highest BCUT2D eigenvalue weighted by Gasteiger charge is 2.08. The maximum atomic E-state index is 12.3. The van der Waals surface area contributed by atoms with E-state index < -0.39 is 12.5 Å². The molecule has 2 aromatic carbocycles. The highest BCUT2D eigenvalue weighted by Crippen LogP contribution is 2.19. The summed E-state index contributed by atoms with van der Waals surface area (Å²) in [5.41, 5.74) is 4.54. The molecular formula is C18H18F2N2O3. The molecule has 0 unspecified atom stereocenters. The van der Waals surface area contributed by atoms with Crippen LogP contribution in [0.1, 0.15) is 16.7 Å². The van der Waals surface area contributed by atoms with Crippen LogP contribution in [0.4, 0.5) is 8.78 Å². The van der Waals surface area contributed by atoms with Gasteiger partial charge < -0.3 is 9.47 Å². The molecule has 0 atom stereocenters. The molecule has 0 aliphatic rings. The average Bonchev–Trinajstić information content (AvgIpc) is 2.57. The van der Waals surface area contributed by atoms with Gasteiger partial charge in [-0.25, -0.2) is 5.43 Å². The van der Waals surface area contributed by atoms with Crippen LogP contribution in [0.2, 0.25) is 0 Å². The molecule has 0 saturated carbocycles. The molecule has 7 heteroatoms. The Morgan fingerprint density at radius 1 is 1.20 bits per heavy atom. The van der Waals surface area contributed by atoms with Crippen LogP contribution in [0, 0.1) is 13.8 Å². The normalized spacial score (nSPS) is 10.9. The lowest BCUT2D eigenvalue weighted by Gasteiger charge is -2.09. The summed E-state index contributed by atoms with van der Waals surface area (Å²) in [6, 6.07) is 11.8. The van der Waals surface area contributed by atoms with Gasteiger partial charge in [-0.05, 0) is 43.2 Å². The number of ether oxygens (including phenoxy) is 2. The Morgan fingerprint density at radius 2 is 1.96 bits per heavy atom. The largest absolute Gasteiger partial charge is 0.483 e. The second kappa shape index (κ2) is 8.77. The summed E-state index contributed by atoms with van der Waals surface area (Å²) in [6.45, 7) is 0.659. The number of hydrogen-bond donors (Lipinski definition) is 1. The summed E-state index contributed by atoms with van der Waals surface area (Å²) < 4.78 is 34.5. The number of aryl methyl sites for hydroxylation is 2. The van der Waals surface area contributed by atoms with Crippen molar-refractivity contribution in [1.29, 1.82) is 0 Å². The molecule has 0 saturated heterocycles. The quantitative estimate of drug-likeness (QED) is 0.616. The second-order valence-electron chi connectivity index (χ2n) is 5.27. The number of alkyl halides is 2. The minimum atomic E-state index is -2.94. The molecule has 0 aliphatic heterocycles. The summed E-state index contributed by atoms with van der Waals surface area (Å²) in [7, 11) is 0. The van der Waals surface area contributed by atoms with Crippen molar-refractivity contribution in [3.05, 3.63) is 59.2 Å². The molecule has 1 N–H and O–H groups in total. The Hall–Kier alpha value is -2.96. The molecule has 0 fully saturated rings. The van der Waals surface area contributed by atoms with E-state index in [9.17, 15) is 13.6 Å². The monoisotopic (exact) mass is 348 g/mol. The third-order valence-electron chi connectivity index (χ3n) is 3.23. The van der Waals surface area contributed by atoms with Gasteiger partial charge in [0.05, 0.1) is 6.21 Å². The van der Waals surface area contributed by atoms with Gasteiger partial charge in [-0.1, -0.05) is 24.3 Å². The number of amides is 1. The molecule has 1 amide bonds. The van der Waals surface area contributed by atoms with Gasteiger partial charge in [-0.15, -0.1) is 0 Å². The number of para-hydroxylation sites is 1. The van der Waals surface area contributed by atoms with E-state index >= 15 is 0 Å². The number of hydrogen-bond acceptors (Lipinski definition) is 4. The Balaban J connectivity index is 1.90. The van der Waals surface area contributed by atoms with E-state index in [0.29, 0.717) is 11.3 Å². The Bertz CT molecular complexity index is 764. The van der Waals surface area contributed by atoms with Crippen molar-refractivity contribution < 1.29 is 23.0 Å². The fourth-order valence-corrected chi connectivity index (χ4v) is 2.00. The summed E-state index contributed by atoms with van der Waals surface area (Å²) in [6.07, 6.45) is 1.23. The maximum absolute atomic E-state index is 12.3. The number of benzene rings is 2. The first kappa shape index (κ1) is 18.4. The number of nitrogens with one attached hydrogen (secondary N) is 1. The Kier molecular flexibility index (Phi) is 6.45. The average molecular weight is 348 g/mol. The van der Waals surface area contributed by atoms with Gasteiger partial charge in [0, 0.05) is 5.56 Å². The van der Waals surface area contributed by atoms with Gasteiger partial charge in [0.2, 0.25) is 0 Å². The molecule has 0 radical (unpaired) electrons. The molecule has 0 aromatic heterocycles. The van der Waals surface area contributed by atoms with Crippen molar-refractivity contribution in [2.75, 3.05) is 6.61 Å². The first-order valence-electron chi connectivity index (χ1n) is 7.51. The number of carbonyl (C=O) groups is 1. The van der Waals surface area contributed by atoms with Gasteiger partial charge in [0.25, 0.3) is 5.91 Å². The number of carbonyl (C=O) groups excluding carboxylic acids is 1. The lowest BCUT2D eigenvalue weighted by atomic mass is 10.1. The lowest BCUT2D eigenvalue weighted by Crippen LogP contribution is -2.24. The molecule has 0 aliphatic carbocycles. The van der Waals surface area contributed by atoms with Gasteiger partial charge in [0.1, 0.15) is 11.5 Å². The molecule has 0 bridgehead atoms. The highest BCUT2D eigenvalue weighted by molar-refractivity contribution is 5.85. The minimum absolute atomic E-state index is 0.0258. The van der Waals surface area contributed by atoms with Crippen LogP contribution in [0.5, 0.6) is 11.5 Å². The van der Waals surface area contributed by atoms with Crippen LogP contribution < -0.4 is 14.9 Å². The van der Waals surface area contributed by atoms with Crippen LogP contribution in [-0.2, 0) is 4.79 Å². The number of rotatable bonds is 7. The predicted molar refractivity (Wildman–Crippen MR) is 90.2 cm³/mol. The first-order chi connectivity index (χ1) is 12.0. The summed E-state index contributed by atoms with van der Waals surface area (Å²) in [5, 5.41) is 3.73.